The number of nitrogens with zero attached hydrogens (tertiary/aromatic N) is 3. The first-order valence-corrected chi connectivity index (χ1v) is 10.2. The summed E-state index contributed by atoms with van der Waals surface area (Å²) in [6.45, 7) is -0.0170. The summed E-state index contributed by atoms with van der Waals surface area (Å²) in [4.78, 5) is 17.0. The second kappa shape index (κ2) is 9.84. The van der Waals surface area contributed by atoms with Crippen LogP contribution in [0.25, 0.3) is 5.69 Å². The number of pyridine rings is 1. The number of aromatic nitrogens is 3. The van der Waals surface area contributed by atoms with E-state index < -0.39 is 23.5 Å². The Balaban J connectivity index is 1.52. The highest BCUT2D eigenvalue weighted by molar-refractivity contribution is 5.94. The number of hydrogen-bond donors (Lipinski definition) is 1. The van der Waals surface area contributed by atoms with E-state index in [0.29, 0.717) is 5.56 Å². The fourth-order valence-corrected chi connectivity index (χ4v) is 3.17. The number of nitrogens with one attached hydrogen (secondary N) is 1. The lowest BCUT2D eigenvalue weighted by molar-refractivity contribution is -0.137. The van der Waals surface area contributed by atoms with Crippen LogP contribution >= 0.6 is 0 Å². The zero-order chi connectivity index (χ0) is 25.0. The first-order valence-electron chi connectivity index (χ1n) is 10.2. The van der Waals surface area contributed by atoms with Crippen molar-refractivity contribution < 1.29 is 31.8 Å². The standard InChI is InChI=1S/C24H18F4N4O3/c1-34-20-14-32(18-8-2-6-16(11-18)24(26,27)28)31-21(20)22(33)30-13-15-5-4-10-29-23(15)35-19-9-3-7-17(25)12-19/h2-12,14H,13H2,1H3,(H,30,33). The largest absolute Gasteiger partial charge is 0.493 e. The number of amides is 1. The van der Waals surface area contributed by atoms with E-state index in [-0.39, 0.29) is 35.3 Å². The van der Waals surface area contributed by atoms with Gasteiger partial charge in [0, 0.05) is 24.4 Å². The summed E-state index contributed by atoms with van der Waals surface area (Å²) in [5.74, 6) is -0.634. The lowest BCUT2D eigenvalue weighted by atomic mass is 10.2. The molecule has 0 bridgehead atoms. The van der Waals surface area contributed by atoms with Crippen LogP contribution in [0.3, 0.4) is 0 Å². The lowest BCUT2D eigenvalue weighted by Gasteiger charge is -2.11. The minimum absolute atomic E-state index is 0.0170. The summed E-state index contributed by atoms with van der Waals surface area (Å²) in [5, 5.41) is 6.77. The molecule has 0 atom stereocenters. The number of carbonyl (C=O) groups excluding carboxylic acids is 1. The Kier molecular flexibility index (Phi) is 6.67. The van der Waals surface area contributed by atoms with Crippen molar-refractivity contribution in [1.29, 1.82) is 0 Å². The van der Waals surface area contributed by atoms with E-state index in [0.717, 1.165) is 16.8 Å². The van der Waals surface area contributed by atoms with Crippen molar-refractivity contribution in [1.82, 2.24) is 20.1 Å². The van der Waals surface area contributed by atoms with Gasteiger partial charge >= 0.3 is 6.18 Å². The number of hydrogen-bond acceptors (Lipinski definition) is 5. The van der Waals surface area contributed by atoms with Gasteiger partial charge in [0.05, 0.1) is 24.6 Å². The van der Waals surface area contributed by atoms with Crippen LogP contribution in [0.1, 0.15) is 21.6 Å². The molecule has 0 saturated heterocycles. The van der Waals surface area contributed by atoms with Gasteiger partial charge in [-0.15, -0.1) is 0 Å². The molecule has 11 heteroatoms. The van der Waals surface area contributed by atoms with Gasteiger partial charge in [-0.05, 0) is 36.4 Å². The predicted molar refractivity (Wildman–Crippen MR) is 117 cm³/mol. The number of alkyl halides is 3. The van der Waals surface area contributed by atoms with Crippen molar-refractivity contribution in [3.8, 4) is 23.1 Å². The average molecular weight is 486 g/mol. The van der Waals surface area contributed by atoms with Crippen molar-refractivity contribution in [3.05, 3.63) is 95.7 Å². The molecule has 0 aliphatic rings. The SMILES string of the molecule is COc1cn(-c2cccc(C(F)(F)F)c2)nc1C(=O)NCc1cccnc1Oc1cccc(F)c1. The summed E-state index contributed by atoms with van der Waals surface area (Å²) in [5.41, 5.74) is -0.365. The monoisotopic (exact) mass is 486 g/mol. The molecule has 0 spiro atoms. The Bertz CT molecular complexity index is 1350. The third kappa shape index (κ3) is 5.57. The Morgan fingerprint density at radius 3 is 2.63 bits per heavy atom. The van der Waals surface area contributed by atoms with Gasteiger partial charge in [0.25, 0.3) is 5.91 Å². The van der Waals surface area contributed by atoms with Crippen LogP contribution in [0, 0.1) is 5.82 Å². The number of ether oxygens (including phenoxy) is 2. The number of methoxy groups -OCH3 is 1. The fourth-order valence-electron chi connectivity index (χ4n) is 3.17. The molecule has 2 heterocycles. The molecule has 0 aliphatic carbocycles. The second-order valence-electron chi connectivity index (χ2n) is 7.25. The van der Waals surface area contributed by atoms with Crippen molar-refractivity contribution in [3.63, 3.8) is 0 Å². The van der Waals surface area contributed by atoms with Crippen LogP contribution in [0.2, 0.25) is 0 Å². The van der Waals surface area contributed by atoms with Gasteiger partial charge < -0.3 is 14.8 Å². The molecule has 4 aromatic rings. The maximum atomic E-state index is 13.5. The topological polar surface area (TPSA) is 78.3 Å². The number of halogens is 4. The Hall–Kier alpha value is -4.41. The molecule has 2 aromatic heterocycles. The molecule has 0 radical (unpaired) electrons. The first-order chi connectivity index (χ1) is 16.7. The summed E-state index contributed by atoms with van der Waals surface area (Å²) in [6.07, 6.45) is -1.73. The Morgan fingerprint density at radius 2 is 1.89 bits per heavy atom. The quantitative estimate of drug-likeness (QED) is 0.366. The minimum Gasteiger partial charge on any atom is -0.493 e. The number of rotatable bonds is 7. The molecule has 0 aliphatic heterocycles. The molecule has 0 saturated carbocycles. The van der Waals surface area contributed by atoms with Gasteiger partial charge in [0.2, 0.25) is 5.88 Å². The van der Waals surface area contributed by atoms with Crippen molar-refractivity contribution in [2.75, 3.05) is 7.11 Å². The van der Waals surface area contributed by atoms with E-state index in [4.69, 9.17) is 9.47 Å². The third-order valence-corrected chi connectivity index (χ3v) is 4.85. The highest BCUT2D eigenvalue weighted by atomic mass is 19.4. The number of benzene rings is 2. The molecule has 1 N–H and O–H groups in total. The molecule has 2 aromatic carbocycles. The molecular weight excluding hydrogens is 468 g/mol. The van der Waals surface area contributed by atoms with Crippen molar-refractivity contribution in [2.45, 2.75) is 12.7 Å². The fraction of sp³-hybridized carbons (Fsp3) is 0.125. The second-order valence-corrected chi connectivity index (χ2v) is 7.25. The molecule has 7 nitrogen and oxygen atoms in total. The summed E-state index contributed by atoms with van der Waals surface area (Å²) < 4.78 is 64.6. The maximum Gasteiger partial charge on any atom is 0.416 e. The van der Waals surface area contributed by atoms with E-state index in [9.17, 15) is 22.4 Å². The van der Waals surface area contributed by atoms with E-state index in [2.05, 4.69) is 15.4 Å². The van der Waals surface area contributed by atoms with Crippen LogP contribution in [0.5, 0.6) is 17.4 Å². The molecule has 1 amide bonds. The molecule has 180 valence electrons. The average Bonchev–Trinajstić information content (AvgIpc) is 3.28. The molecule has 0 fully saturated rings. The maximum absolute atomic E-state index is 13.5. The van der Waals surface area contributed by atoms with E-state index in [1.807, 2.05) is 0 Å². The van der Waals surface area contributed by atoms with Crippen LogP contribution < -0.4 is 14.8 Å². The lowest BCUT2D eigenvalue weighted by Crippen LogP contribution is -2.24. The normalized spacial score (nSPS) is 11.2. The Labute approximate surface area is 196 Å². The van der Waals surface area contributed by atoms with E-state index >= 15 is 0 Å². The molecule has 0 unspecified atom stereocenters. The molecule has 4 rings (SSSR count). The van der Waals surface area contributed by atoms with Crippen LogP contribution in [-0.2, 0) is 12.7 Å². The Morgan fingerprint density at radius 1 is 1.09 bits per heavy atom. The molecular formula is C24H18F4N4O3. The minimum atomic E-state index is -4.53. The zero-order valence-corrected chi connectivity index (χ0v) is 18.2. The zero-order valence-electron chi connectivity index (χ0n) is 18.2. The summed E-state index contributed by atoms with van der Waals surface area (Å²) in [6, 6.07) is 13.4. The van der Waals surface area contributed by atoms with Gasteiger partial charge in [-0.3, -0.25) is 4.79 Å². The summed E-state index contributed by atoms with van der Waals surface area (Å²) >= 11 is 0. The van der Waals surface area contributed by atoms with Gasteiger partial charge in [-0.2, -0.15) is 18.3 Å². The summed E-state index contributed by atoms with van der Waals surface area (Å²) in [7, 11) is 1.32. The number of carbonyl (C=O) groups is 1. The highest BCUT2D eigenvalue weighted by Gasteiger charge is 2.30. The van der Waals surface area contributed by atoms with E-state index in [1.165, 1.54) is 49.8 Å². The smallest absolute Gasteiger partial charge is 0.416 e. The van der Waals surface area contributed by atoms with Gasteiger partial charge in [-0.25, -0.2) is 14.1 Å². The van der Waals surface area contributed by atoms with Crippen LogP contribution in [0.4, 0.5) is 17.6 Å². The van der Waals surface area contributed by atoms with Gasteiger partial charge in [0.15, 0.2) is 11.4 Å². The molecule has 35 heavy (non-hydrogen) atoms. The van der Waals surface area contributed by atoms with Gasteiger partial charge in [0.1, 0.15) is 11.6 Å². The first kappa shape index (κ1) is 23.7. The highest BCUT2D eigenvalue weighted by Crippen LogP contribution is 2.31. The van der Waals surface area contributed by atoms with Crippen LogP contribution in [-0.4, -0.2) is 27.8 Å². The van der Waals surface area contributed by atoms with Gasteiger partial charge in [-0.1, -0.05) is 18.2 Å². The van der Waals surface area contributed by atoms with E-state index in [1.54, 1.807) is 18.2 Å². The van der Waals surface area contributed by atoms with Crippen molar-refractivity contribution >= 4 is 5.91 Å². The van der Waals surface area contributed by atoms with Crippen LogP contribution in [0.15, 0.2) is 73.1 Å². The predicted octanol–water partition coefficient (Wildman–Crippen LogP) is 5.16. The third-order valence-electron chi connectivity index (χ3n) is 4.85. The van der Waals surface area contributed by atoms with Crippen molar-refractivity contribution in [2.24, 2.45) is 0 Å².